The topological polar surface area (TPSA) is 64.7 Å². The van der Waals surface area contributed by atoms with Gasteiger partial charge in [0.2, 0.25) is 0 Å². The minimum absolute atomic E-state index is 0.140. The van der Waals surface area contributed by atoms with Crippen molar-refractivity contribution in [2.24, 2.45) is 10.9 Å². The molecule has 0 saturated carbocycles. The summed E-state index contributed by atoms with van der Waals surface area (Å²) in [4.78, 5) is 16.8. The summed E-state index contributed by atoms with van der Waals surface area (Å²) in [6.07, 6.45) is 0.140. The van der Waals surface area contributed by atoms with Crippen LogP contribution in [0.1, 0.15) is 11.1 Å². The molecule has 0 heterocycles. The van der Waals surface area contributed by atoms with E-state index in [1.165, 1.54) is 0 Å². The molecule has 3 aromatic carbocycles. The number of benzene rings is 3. The van der Waals surface area contributed by atoms with Gasteiger partial charge >= 0.3 is 5.97 Å². The highest BCUT2D eigenvalue weighted by Crippen LogP contribution is 2.19. The summed E-state index contributed by atoms with van der Waals surface area (Å²) in [6.45, 7) is 0. The van der Waals surface area contributed by atoms with Gasteiger partial charge in [-0.2, -0.15) is 0 Å². The maximum Gasteiger partial charge on any atom is 0.339 e. The van der Waals surface area contributed by atoms with E-state index in [4.69, 9.17) is 10.6 Å². The zero-order valence-corrected chi connectivity index (χ0v) is 13.6. The second-order valence-electron chi connectivity index (χ2n) is 5.55. The lowest BCUT2D eigenvalue weighted by Crippen LogP contribution is -2.15. The van der Waals surface area contributed by atoms with E-state index in [-0.39, 0.29) is 12.3 Å². The van der Waals surface area contributed by atoms with E-state index in [2.05, 4.69) is 5.16 Å². The first-order valence-corrected chi connectivity index (χ1v) is 7.95. The third-order valence-electron chi connectivity index (χ3n) is 3.72. The van der Waals surface area contributed by atoms with Gasteiger partial charge in [0.15, 0.2) is 5.84 Å². The third kappa shape index (κ3) is 4.54. The normalized spacial score (nSPS) is 11.1. The predicted octanol–water partition coefficient (Wildman–Crippen LogP) is 3.76. The van der Waals surface area contributed by atoms with Crippen molar-refractivity contribution in [3.63, 3.8) is 0 Å². The molecule has 25 heavy (non-hydrogen) atoms. The number of carbonyl (C=O) groups is 1. The number of oxime groups is 1. The van der Waals surface area contributed by atoms with E-state index >= 15 is 0 Å². The van der Waals surface area contributed by atoms with Crippen LogP contribution in [0.15, 0.2) is 90.1 Å². The molecule has 2 N–H and O–H groups in total. The molecule has 0 atom stereocenters. The minimum Gasteiger partial charge on any atom is -0.380 e. The number of rotatable bonds is 5. The number of nitrogens with zero attached hydrogens (tertiary/aromatic N) is 1. The summed E-state index contributed by atoms with van der Waals surface area (Å²) >= 11 is 0. The Bertz CT molecular complexity index is 857. The van der Waals surface area contributed by atoms with Crippen LogP contribution in [0.25, 0.3) is 11.1 Å². The zero-order chi connectivity index (χ0) is 17.5. The maximum atomic E-state index is 11.9. The van der Waals surface area contributed by atoms with Gasteiger partial charge in [0.05, 0.1) is 6.42 Å². The molecule has 4 heteroatoms. The second-order valence-corrected chi connectivity index (χ2v) is 5.55. The van der Waals surface area contributed by atoms with Gasteiger partial charge in [-0.25, -0.2) is 4.79 Å². The van der Waals surface area contributed by atoms with Crippen molar-refractivity contribution in [3.8, 4) is 11.1 Å². The lowest BCUT2D eigenvalue weighted by Gasteiger charge is -2.04. The van der Waals surface area contributed by atoms with Crippen LogP contribution in [0.2, 0.25) is 0 Å². The van der Waals surface area contributed by atoms with Crippen LogP contribution in [0, 0.1) is 0 Å². The molecule has 0 spiro atoms. The largest absolute Gasteiger partial charge is 0.380 e. The Hall–Kier alpha value is -3.40. The maximum absolute atomic E-state index is 11.9. The molecule has 0 aliphatic rings. The Morgan fingerprint density at radius 3 is 2.00 bits per heavy atom. The van der Waals surface area contributed by atoms with Gasteiger partial charge in [-0.3, -0.25) is 0 Å². The van der Waals surface area contributed by atoms with Crippen LogP contribution in [0.3, 0.4) is 0 Å². The first-order chi connectivity index (χ1) is 12.2. The molecule has 0 aromatic heterocycles. The number of nitrogens with two attached hydrogens (primary N) is 1. The van der Waals surface area contributed by atoms with Crippen LogP contribution in [0.5, 0.6) is 0 Å². The summed E-state index contributed by atoms with van der Waals surface area (Å²) in [5.74, 6) is -0.278. The molecular weight excluding hydrogens is 312 g/mol. The van der Waals surface area contributed by atoms with Crippen LogP contribution < -0.4 is 5.73 Å². The van der Waals surface area contributed by atoms with Crippen molar-refractivity contribution in [1.82, 2.24) is 0 Å². The van der Waals surface area contributed by atoms with E-state index in [0.717, 1.165) is 16.7 Å². The van der Waals surface area contributed by atoms with Gasteiger partial charge in [0.1, 0.15) is 0 Å². The number of hydrogen-bond donors (Lipinski definition) is 1. The average Bonchev–Trinajstić information content (AvgIpc) is 2.68. The first-order valence-electron chi connectivity index (χ1n) is 7.95. The van der Waals surface area contributed by atoms with Gasteiger partial charge in [0, 0.05) is 5.56 Å². The molecule has 0 saturated heterocycles. The average molecular weight is 330 g/mol. The summed E-state index contributed by atoms with van der Waals surface area (Å²) in [5, 5.41) is 3.70. The van der Waals surface area contributed by atoms with Gasteiger partial charge < -0.3 is 10.6 Å². The van der Waals surface area contributed by atoms with Crippen molar-refractivity contribution in [2.45, 2.75) is 6.42 Å². The fraction of sp³-hybridized carbons (Fsp3) is 0.0476. The number of carbonyl (C=O) groups excluding carboxylic acids is 1. The molecule has 124 valence electrons. The minimum atomic E-state index is -0.452. The molecule has 0 radical (unpaired) electrons. The number of hydrogen-bond acceptors (Lipinski definition) is 3. The summed E-state index contributed by atoms with van der Waals surface area (Å²) < 4.78 is 0. The zero-order valence-electron chi connectivity index (χ0n) is 13.6. The Morgan fingerprint density at radius 1 is 0.800 bits per heavy atom. The van der Waals surface area contributed by atoms with Crippen LogP contribution in [-0.4, -0.2) is 11.8 Å². The van der Waals surface area contributed by atoms with Crippen molar-refractivity contribution < 1.29 is 9.63 Å². The molecule has 3 rings (SSSR count). The highest BCUT2D eigenvalue weighted by atomic mass is 16.7. The predicted molar refractivity (Wildman–Crippen MR) is 98.8 cm³/mol. The fourth-order valence-corrected chi connectivity index (χ4v) is 2.41. The Balaban J connectivity index is 1.60. The first kappa shape index (κ1) is 16.5. The smallest absolute Gasteiger partial charge is 0.339 e. The van der Waals surface area contributed by atoms with Crippen molar-refractivity contribution in [1.29, 1.82) is 0 Å². The molecule has 4 nitrogen and oxygen atoms in total. The van der Waals surface area contributed by atoms with E-state index in [1.54, 1.807) is 12.1 Å². The Morgan fingerprint density at radius 2 is 1.36 bits per heavy atom. The van der Waals surface area contributed by atoms with Gasteiger partial charge in [-0.05, 0) is 16.7 Å². The van der Waals surface area contributed by atoms with E-state index < -0.39 is 5.97 Å². The highest BCUT2D eigenvalue weighted by molar-refractivity contribution is 5.97. The molecule has 0 fully saturated rings. The van der Waals surface area contributed by atoms with Crippen LogP contribution in [0.4, 0.5) is 0 Å². The van der Waals surface area contributed by atoms with Crippen LogP contribution >= 0.6 is 0 Å². The molecule has 0 bridgehead atoms. The standard InChI is InChI=1S/C21H18N2O2/c22-21(19-9-5-2-6-10-19)23-25-20(24)15-16-11-13-18(14-12-16)17-7-3-1-4-8-17/h1-14H,15H2,(H2,22,23). The van der Waals surface area contributed by atoms with Crippen molar-refractivity contribution >= 4 is 11.8 Å². The van der Waals surface area contributed by atoms with E-state index in [0.29, 0.717) is 5.56 Å². The van der Waals surface area contributed by atoms with Gasteiger partial charge in [-0.1, -0.05) is 90.1 Å². The lowest BCUT2D eigenvalue weighted by molar-refractivity contribution is -0.142. The second kappa shape index (κ2) is 7.93. The van der Waals surface area contributed by atoms with Crippen molar-refractivity contribution in [2.75, 3.05) is 0 Å². The summed E-state index contributed by atoms with van der Waals surface area (Å²) in [6, 6.07) is 27.0. The molecule has 0 aliphatic carbocycles. The van der Waals surface area contributed by atoms with E-state index in [1.807, 2.05) is 72.8 Å². The highest BCUT2D eigenvalue weighted by Gasteiger charge is 2.07. The Kier molecular flexibility index (Phi) is 5.22. The van der Waals surface area contributed by atoms with Gasteiger partial charge in [0.25, 0.3) is 0 Å². The fourth-order valence-electron chi connectivity index (χ4n) is 2.41. The third-order valence-corrected chi connectivity index (χ3v) is 3.72. The number of amidine groups is 1. The Labute approximate surface area is 146 Å². The van der Waals surface area contributed by atoms with Crippen LogP contribution in [-0.2, 0) is 16.1 Å². The molecule has 0 unspecified atom stereocenters. The SMILES string of the molecule is N/C(=N/OC(=O)Cc1ccc(-c2ccccc2)cc1)c1ccccc1. The molecule has 0 amide bonds. The quantitative estimate of drug-likeness (QED) is 0.335. The molecule has 3 aromatic rings. The van der Waals surface area contributed by atoms with Crippen molar-refractivity contribution in [3.05, 3.63) is 96.1 Å². The molecule has 0 aliphatic heterocycles. The monoisotopic (exact) mass is 330 g/mol. The van der Waals surface area contributed by atoms with Gasteiger partial charge in [-0.15, -0.1) is 0 Å². The lowest BCUT2D eigenvalue weighted by atomic mass is 10.0. The summed E-state index contributed by atoms with van der Waals surface area (Å²) in [5.41, 5.74) is 9.60. The van der Waals surface area contributed by atoms with E-state index in [9.17, 15) is 4.79 Å². The summed E-state index contributed by atoms with van der Waals surface area (Å²) in [7, 11) is 0. The molecular formula is C21H18N2O2.